The van der Waals surface area contributed by atoms with Gasteiger partial charge in [-0.1, -0.05) is 12.1 Å². The van der Waals surface area contributed by atoms with Crippen LogP contribution < -0.4 is 15.4 Å². The van der Waals surface area contributed by atoms with Crippen LogP contribution in [-0.2, 0) is 17.8 Å². The summed E-state index contributed by atoms with van der Waals surface area (Å²) in [5, 5.41) is 6.19. The summed E-state index contributed by atoms with van der Waals surface area (Å²) in [6.45, 7) is 4.68. The molecule has 31 heavy (non-hydrogen) atoms. The molecule has 172 valence electrons. The van der Waals surface area contributed by atoms with Crippen molar-refractivity contribution in [3.05, 3.63) is 47.5 Å². The summed E-state index contributed by atoms with van der Waals surface area (Å²) < 4.78 is 38.3. The smallest absolute Gasteiger partial charge is 0.319 e. The van der Waals surface area contributed by atoms with Gasteiger partial charge in [0.25, 0.3) is 0 Å². The normalized spacial score (nSPS) is 16.3. The second-order valence-corrected chi connectivity index (χ2v) is 7.23. The molecule has 0 amide bonds. The van der Waals surface area contributed by atoms with Crippen LogP contribution in [0.1, 0.15) is 36.8 Å². The highest BCUT2D eigenvalue weighted by Crippen LogP contribution is 2.23. The lowest BCUT2D eigenvalue weighted by molar-refractivity contribution is 0.0668. The molecule has 1 atom stereocenters. The summed E-state index contributed by atoms with van der Waals surface area (Å²) in [6, 6.07) is 6.04. The van der Waals surface area contributed by atoms with Crippen molar-refractivity contribution in [2.24, 2.45) is 10.9 Å². The molecule has 2 heterocycles. The predicted octanol–water partition coefficient (Wildman–Crippen LogP) is 3.88. The first-order valence-electron chi connectivity index (χ1n) is 10.2. The van der Waals surface area contributed by atoms with Gasteiger partial charge in [-0.15, -0.1) is 24.0 Å². The van der Waals surface area contributed by atoms with Gasteiger partial charge in [0, 0.05) is 37.0 Å². The van der Waals surface area contributed by atoms with E-state index in [2.05, 4.69) is 20.6 Å². The van der Waals surface area contributed by atoms with Crippen LogP contribution in [0.3, 0.4) is 0 Å². The first-order chi connectivity index (χ1) is 14.6. The van der Waals surface area contributed by atoms with Crippen molar-refractivity contribution < 1.29 is 18.3 Å². The van der Waals surface area contributed by atoms with Gasteiger partial charge in [-0.3, -0.25) is 4.57 Å². The van der Waals surface area contributed by atoms with Gasteiger partial charge in [0.1, 0.15) is 11.6 Å². The summed E-state index contributed by atoms with van der Waals surface area (Å²) >= 11 is 0. The fourth-order valence-electron chi connectivity index (χ4n) is 3.18. The number of aryl methyl sites for hydroxylation is 1. The van der Waals surface area contributed by atoms with Crippen LogP contribution in [0.5, 0.6) is 5.75 Å². The Morgan fingerprint density at radius 1 is 1.39 bits per heavy atom. The van der Waals surface area contributed by atoms with Gasteiger partial charge < -0.3 is 20.1 Å². The summed E-state index contributed by atoms with van der Waals surface area (Å²) in [6.07, 6.45) is 3.64. The number of halogens is 3. The van der Waals surface area contributed by atoms with Crippen LogP contribution in [0.25, 0.3) is 0 Å². The molecule has 7 nitrogen and oxygen atoms in total. The van der Waals surface area contributed by atoms with Crippen molar-refractivity contribution in [2.75, 3.05) is 26.4 Å². The Morgan fingerprint density at radius 3 is 2.94 bits per heavy atom. The lowest BCUT2D eigenvalue weighted by Crippen LogP contribution is -2.37. The zero-order valence-electron chi connectivity index (χ0n) is 17.8. The Hall–Kier alpha value is -1.95. The number of hydrogen-bond acceptors (Lipinski definition) is 4. The molecule has 1 unspecified atom stereocenters. The Labute approximate surface area is 198 Å². The highest BCUT2D eigenvalue weighted by Gasteiger charge is 2.17. The fraction of sp³-hybridized carbons (Fsp3) is 0.524. The van der Waals surface area contributed by atoms with E-state index in [0.29, 0.717) is 31.6 Å². The van der Waals surface area contributed by atoms with E-state index in [9.17, 15) is 8.78 Å². The molecular formula is C21H30F2IN5O2. The van der Waals surface area contributed by atoms with E-state index in [1.807, 2.05) is 32.0 Å². The van der Waals surface area contributed by atoms with Crippen molar-refractivity contribution >= 4 is 29.9 Å². The minimum Gasteiger partial charge on any atom is -0.493 e. The van der Waals surface area contributed by atoms with E-state index < -0.39 is 6.55 Å². The van der Waals surface area contributed by atoms with Crippen LogP contribution in [-0.4, -0.2) is 41.9 Å². The summed E-state index contributed by atoms with van der Waals surface area (Å²) in [4.78, 5) is 8.57. The second-order valence-electron chi connectivity index (χ2n) is 7.23. The average Bonchev–Trinajstić information content (AvgIpc) is 3.41. The molecule has 10 heteroatoms. The van der Waals surface area contributed by atoms with Crippen LogP contribution in [0.4, 0.5) is 8.78 Å². The van der Waals surface area contributed by atoms with Gasteiger partial charge in [0.15, 0.2) is 5.96 Å². The van der Waals surface area contributed by atoms with Crippen molar-refractivity contribution in [1.29, 1.82) is 0 Å². The van der Waals surface area contributed by atoms with Gasteiger partial charge in [-0.2, -0.15) is 8.78 Å². The van der Waals surface area contributed by atoms with E-state index in [-0.39, 0.29) is 36.3 Å². The SMILES string of the molecule is CCNC(=NCc1ccc(C)cc1OCC1CCOC1)NCc1nccn1C(F)F.I. The first-order valence-corrected chi connectivity index (χ1v) is 10.2. The quantitative estimate of drug-likeness (QED) is 0.283. The molecule has 1 aromatic carbocycles. The van der Waals surface area contributed by atoms with Crippen molar-refractivity contribution in [2.45, 2.75) is 39.9 Å². The molecule has 0 aliphatic carbocycles. The first kappa shape index (κ1) is 25.3. The van der Waals surface area contributed by atoms with Crippen molar-refractivity contribution in [1.82, 2.24) is 20.2 Å². The Kier molecular flexibility index (Phi) is 10.4. The number of benzene rings is 1. The second kappa shape index (κ2) is 12.8. The standard InChI is InChI=1S/C21H29F2N5O2.HI/c1-3-24-21(27-12-19-25-7-8-28(19)20(22)23)26-11-17-5-4-15(2)10-18(17)30-14-16-6-9-29-13-16;/h4-5,7-8,10,16,20H,3,6,9,11-14H2,1-2H3,(H2,24,26,27);1H. The van der Waals surface area contributed by atoms with Gasteiger partial charge >= 0.3 is 6.55 Å². The number of ether oxygens (including phenoxy) is 2. The molecule has 2 aromatic rings. The van der Waals surface area contributed by atoms with E-state index >= 15 is 0 Å². The maximum absolute atomic E-state index is 13.0. The highest BCUT2D eigenvalue weighted by molar-refractivity contribution is 14.0. The Bertz CT molecular complexity index is 841. The molecule has 1 aliphatic heterocycles. The number of aliphatic imine (C=N–C) groups is 1. The van der Waals surface area contributed by atoms with Gasteiger partial charge in [-0.25, -0.2) is 9.98 Å². The molecule has 1 aromatic heterocycles. The number of aromatic nitrogens is 2. The van der Waals surface area contributed by atoms with Crippen LogP contribution in [0, 0.1) is 12.8 Å². The lowest BCUT2D eigenvalue weighted by Gasteiger charge is -2.15. The van der Waals surface area contributed by atoms with Crippen LogP contribution in [0.2, 0.25) is 0 Å². The minimum atomic E-state index is -2.62. The van der Waals surface area contributed by atoms with Gasteiger partial charge in [0.05, 0.1) is 26.3 Å². The third-order valence-electron chi connectivity index (χ3n) is 4.85. The minimum absolute atomic E-state index is 0. The molecule has 0 bridgehead atoms. The molecular weight excluding hydrogens is 519 g/mol. The van der Waals surface area contributed by atoms with E-state index in [1.165, 1.54) is 12.4 Å². The van der Waals surface area contributed by atoms with Gasteiger partial charge in [0.2, 0.25) is 0 Å². The maximum Gasteiger partial charge on any atom is 0.319 e. The molecule has 1 fully saturated rings. The largest absolute Gasteiger partial charge is 0.493 e. The number of nitrogens with one attached hydrogen (secondary N) is 2. The number of hydrogen-bond donors (Lipinski definition) is 2. The molecule has 1 saturated heterocycles. The molecule has 0 saturated carbocycles. The highest BCUT2D eigenvalue weighted by atomic mass is 127. The topological polar surface area (TPSA) is 72.7 Å². The monoisotopic (exact) mass is 549 g/mol. The third-order valence-corrected chi connectivity index (χ3v) is 4.85. The Balaban J connectivity index is 0.00000341. The zero-order chi connectivity index (χ0) is 21.3. The number of nitrogens with zero attached hydrogens (tertiary/aromatic N) is 3. The number of alkyl halides is 2. The average molecular weight is 549 g/mol. The zero-order valence-corrected chi connectivity index (χ0v) is 20.1. The number of imidazole rings is 1. The maximum atomic E-state index is 13.0. The predicted molar refractivity (Wildman–Crippen MR) is 126 cm³/mol. The Morgan fingerprint density at radius 2 is 2.23 bits per heavy atom. The van der Waals surface area contributed by atoms with Crippen LogP contribution >= 0.6 is 24.0 Å². The summed E-state index contributed by atoms with van der Waals surface area (Å²) in [7, 11) is 0. The van der Waals surface area contributed by atoms with E-state index in [1.54, 1.807) is 0 Å². The van der Waals surface area contributed by atoms with Crippen molar-refractivity contribution in [3.63, 3.8) is 0 Å². The van der Waals surface area contributed by atoms with E-state index in [0.717, 1.165) is 41.1 Å². The molecule has 2 N–H and O–H groups in total. The van der Waals surface area contributed by atoms with Crippen molar-refractivity contribution in [3.8, 4) is 5.75 Å². The molecule has 3 rings (SSSR count). The molecule has 0 radical (unpaired) electrons. The van der Waals surface area contributed by atoms with Gasteiger partial charge in [-0.05, 0) is 31.9 Å². The number of rotatable bonds is 9. The molecule has 1 aliphatic rings. The van der Waals surface area contributed by atoms with E-state index in [4.69, 9.17) is 9.47 Å². The molecule has 0 spiro atoms. The van der Waals surface area contributed by atoms with Crippen LogP contribution in [0.15, 0.2) is 35.6 Å². The number of guanidine groups is 1. The fourth-order valence-corrected chi connectivity index (χ4v) is 3.18. The third kappa shape index (κ3) is 7.60. The summed E-state index contributed by atoms with van der Waals surface area (Å²) in [5.41, 5.74) is 2.08. The lowest BCUT2D eigenvalue weighted by atomic mass is 10.1. The summed E-state index contributed by atoms with van der Waals surface area (Å²) in [5.74, 6) is 2.00.